The smallest absolute Gasteiger partial charge is 0.240 e. The molecule has 4 aromatic rings. The molecule has 3 aromatic carbocycles. The molecule has 0 saturated carbocycles. The molecule has 0 spiro atoms. The van der Waals surface area contributed by atoms with Gasteiger partial charge in [-0.15, -0.1) is 0 Å². The van der Waals surface area contributed by atoms with E-state index in [4.69, 9.17) is 23.2 Å². The van der Waals surface area contributed by atoms with Gasteiger partial charge in [0.2, 0.25) is 5.91 Å². The van der Waals surface area contributed by atoms with E-state index in [2.05, 4.69) is 10.3 Å². The molecule has 0 aliphatic rings. The minimum Gasteiger partial charge on any atom is -0.350 e. The lowest BCUT2D eigenvalue weighted by molar-refractivity contribution is -0.121. The van der Waals surface area contributed by atoms with E-state index in [9.17, 15) is 9.18 Å². The Morgan fingerprint density at radius 3 is 2.55 bits per heavy atom. The number of hydrogen-bond acceptors (Lipinski definition) is 2. The number of aromatic nitrogens is 2. The van der Waals surface area contributed by atoms with Crippen LogP contribution in [0.3, 0.4) is 0 Å². The Morgan fingerprint density at radius 2 is 1.79 bits per heavy atom. The van der Waals surface area contributed by atoms with Crippen molar-refractivity contribution in [2.24, 2.45) is 0 Å². The Hall–Kier alpha value is -2.89. The van der Waals surface area contributed by atoms with Crippen LogP contribution in [0, 0.1) is 5.82 Å². The normalized spacial score (nSPS) is 11.0. The lowest BCUT2D eigenvalue weighted by Crippen LogP contribution is -2.27. The molecule has 1 aromatic heterocycles. The summed E-state index contributed by atoms with van der Waals surface area (Å²) in [5.74, 6) is 0.0862. The molecule has 0 saturated heterocycles. The number of carbonyl (C=O) groups is 1. The number of amides is 1. The molecule has 0 aliphatic carbocycles. The summed E-state index contributed by atoms with van der Waals surface area (Å²) in [6.07, 6.45) is 0. The Bertz CT molecular complexity index is 1190. The molecule has 0 aliphatic heterocycles. The fourth-order valence-electron chi connectivity index (χ4n) is 3.11. The van der Waals surface area contributed by atoms with E-state index >= 15 is 0 Å². The molecule has 4 rings (SSSR count). The van der Waals surface area contributed by atoms with Gasteiger partial charge in [-0.1, -0.05) is 47.5 Å². The van der Waals surface area contributed by atoms with Gasteiger partial charge in [-0.05, 0) is 48.0 Å². The highest BCUT2D eigenvalue weighted by molar-refractivity contribution is 6.36. The number of para-hydroxylation sites is 2. The largest absolute Gasteiger partial charge is 0.350 e. The number of hydrogen-bond donors (Lipinski definition) is 1. The fraction of sp³-hybridized carbons (Fsp3) is 0.0909. The van der Waals surface area contributed by atoms with Gasteiger partial charge in [0.1, 0.15) is 18.2 Å². The molecule has 1 amide bonds. The van der Waals surface area contributed by atoms with Crippen molar-refractivity contribution in [3.05, 3.63) is 88.2 Å². The van der Waals surface area contributed by atoms with Crippen LogP contribution in [0.5, 0.6) is 0 Å². The molecular weight excluding hydrogens is 412 g/mol. The van der Waals surface area contributed by atoms with Crippen molar-refractivity contribution in [3.8, 4) is 11.4 Å². The molecule has 0 fully saturated rings. The number of imidazole rings is 1. The fourth-order valence-corrected chi connectivity index (χ4v) is 3.61. The number of fused-ring (bicyclic) bond motifs is 1. The van der Waals surface area contributed by atoms with Gasteiger partial charge in [0.05, 0.1) is 16.1 Å². The van der Waals surface area contributed by atoms with Gasteiger partial charge in [-0.3, -0.25) is 4.79 Å². The molecule has 29 heavy (non-hydrogen) atoms. The Kier molecular flexibility index (Phi) is 5.51. The predicted molar refractivity (Wildman–Crippen MR) is 113 cm³/mol. The maximum atomic E-state index is 13.0. The maximum Gasteiger partial charge on any atom is 0.240 e. The van der Waals surface area contributed by atoms with Crippen LogP contribution in [0.2, 0.25) is 10.0 Å². The van der Waals surface area contributed by atoms with Gasteiger partial charge in [-0.2, -0.15) is 0 Å². The van der Waals surface area contributed by atoms with E-state index in [0.717, 1.165) is 16.6 Å². The molecule has 0 bridgehead atoms. The monoisotopic (exact) mass is 427 g/mol. The highest BCUT2D eigenvalue weighted by atomic mass is 35.5. The highest BCUT2D eigenvalue weighted by Crippen LogP contribution is 2.32. The van der Waals surface area contributed by atoms with Crippen LogP contribution in [0.1, 0.15) is 5.56 Å². The van der Waals surface area contributed by atoms with Crippen molar-refractivity contribution in [1.29, 1.82) is 0 Å². The van der Waals surface area contributed by atoms with Crippen LogP contribution in [0.25, 0.3) is 22.4 Å². The summed E-state index contributed by atoms with van der Waals surface area (Å²) < 4.78 is 14.9. The lowest BCUT2D eigenvalue weighted by atomic mass is 10.2. The van der Waals surface area contributed by atoms with E-state index < -0.39 is 0 Å². The minimum absolute atomic E-state index is 0.0655. The summed E-state index contributed by atoms with van der Waals surface area (Å²) in [4.78, 5) is 17.3. The van der Waals surface area contributed by atoms with Crippen LogP contribution in [0.15, 0.2) is 66.7 Å². The van der Waals surface area contributed by atoms with Gasteiger partial charge in [0, 0.05) is 17.1 Å². The molecule has 1 heterocycles. The number of halogens is 3. The summed E-state index contributed by atoms with van der Waals surface area (Å²) in [6.45, 7) is 0.374. The Labute approximate surface area is 176 Å². The summed E-state index contributed by atoms with van der Waals surface area (Å²) in [6, 6.07) is 18.8. The average molecular weight is 428 g/mol. The van der Waals surface area contributed by atoms with Gasteiger partial charge < -0.3 is 9.88 Å². The van der Waals surface area contributed by atoms with Crippen LogP contribution >= 0.6 is 23.2 Å². The van der Waals surface area contributed by atoms with E-state index in [-0.39, 0.29) is 18.3 Å². The lowest BCUT2D eigenvalue weighted by Gasteiger charge is -2.11. The van der Waals surface area contributed by atoms with Crippen LogP contribution < -0.4 is 5.32 Å². The second-order valence-electron chi connectivity index (χ2n) is 6.54. The third-order valence-corrected chi connectivity index (χ3v) is 5.08. The number of nitrogens with zero attached hydrogens (tertiary/aromatic N) is 2. The van der Waals surface area contributed by atoms with Gasteiger partial charge in [-0.25, -0.2) is 9.37 Å². The zero-order chi connectivity index (χ0) is 20.4. The minimum atomic E-state index is -0.311. The molecule has 0 atom stereocenters. The summed E-state index contributed by atoms with van der Waals surface area (Å²) in [5.41, 5.74) is 3.10. The number of rotatable bonds is 5. The summed E-state index contributed by atoms with van der Waals surface area (Å²) >= 11 is 12.4. The van der Waals surface area contributed by atoms with Crippen molar-refractivity contribution < 1.29 is 9.18 Å². The first kappa shape index (κ1) is 19.4. The number of carbonyl (C=O) groups excluding carboxylic acids is 1. The number of benzene rings is 3. The highest BCUT2D eigenvalue weighted by Gasteiger charge is 2.17. The van der Waals surface area contributed by atoms with Gasteiger partial charge in [0.25, 0.3) is 0 Å². The molecule has 0 radical (unpaired) electrons. The van der Waals surface area contributed by atoms with E-state index in [0.29, 0.717) is 28.0 Å². The van der Waals surface area contributed by atoms with E-state index in [1.54, 1.807) is 30.3 Å². The topological polar surface area (TPSA) is 46.9 Å². The molecule has 4 nitrogen and oxygen atoms in total. The molecule has 1 N–H and O–H groups in total. The van der Waals surface area contributed by atoms with Crippen molar-refractivity contribution in [2.75, 3.05) is 0 Å². The van der Waals surface area contributed by atoms with Gasteiger partial charge in [0.15, 0.2) is 0 Å². The predicted octanol–water partition coefficient (Wildman–Crippen LogP) is 5.47. The number of nitrogens with one attached hydrogen (secondary N) is 1. The molecule has 146 valence electrons. The molecule has 0 unspecified atom stereocenters. The quantitative estimate of drug-likeness (QED) is 0.459. The maximum absolute atomic E-state index is 13.0. The first-order valence-electron chi connectivity index (χ1n) is 8.93. The van der Waals surface area contributed by atoms with Crippen molar-refractivity contribution >= 4 is 40.1 Å². The molecule has 7 heteroatoms. The van der Waals surface area contributed by atoms with Gasteiger partial charge >= 0.3 is 0 Å². The van der Waals surface area contributed by atoms with Crippen LogP contribution in [0.4, 0.5) is 4.39 Å². The first-order valence-corrected chi connectivity index (χ1v) is 9.69. The summed E-state index contributed by atoms with van der Waals surface area (Å²) in [7, 11) is 0. The van der Waals surface area contributed by atoms with Crippen molar-refractivity contribution in [1.82, 2.24) is 14.9 Å². The standard InChI is InChI=1S/C22H16Cl2FN3O/c23-15-7-10-17(18(24)11-15)22-27-19-3-1-2-4-20(19)28(22)13-21(29)26-12-14-5-8-16(25)9-6-14/h1-11H,12-13H2,(H,26,29). The van der Waals surface area contributed by atoms with Crippen molar-refractivity contribution in [2.45, 2.75) is 13.1 Å². The Morgan fingerprint density at radius 1 is 1.03 bits per heavy atom. The second-order valence-corrected chi connectivity index (χ2v) is 7.38. The first-order chi connectivity index (χ1) is 14.0. The Balaban J connectivity index is 1.63. The third-order valence-electron chi connectivity index (χ3n) is 4.53. The average Bonchev–Trinajstić information content (AvgIpc) is 3.06. The zero-order valence-electron chi connectivity index (χ0n) is 15.2. The van der Waals surface area contributed by atoms with Crippen LogP contribution in [-0.4, -0.2) is 15.5 Å². The van der Waals surface area contributed by atoms with E-state index in [1.165, 1.54) is 12.1 Å². The molecular formula is C22H16Cl2FN3O. The summed E-state index contributed by atoms with van der Waals surface area (Å²) in [5, 5.41) is 3.85. The van der Waals surface area contributed by atoms with E-state index in [1.807, 2.05) is 28.8 Å². The van der Waals surface area contributed by atoms with Crippen LogP contribution in [-0.2, 0) is 17.9 Å². The third kappa shape index (κ3) is 4.26. The van der Waals surface area contributed by atoms with Crippen molar-refractivity contribution in [3.63, 3.8) is 0 Å². The SMILES string of the molecule is O=C(Cn1c(-c2ccc(Cl)cc2Cl)nc2ccccc21)NCc1ccc(F)cc1. The second kappa shape index (κ2) is 8.23. The zero-order valence-corrected chi connectivity index (χ0v) is 16.7.